The van der Waals surface area contributed by atoms with Crippen LogP contribution in [0, 0.1) is 0 Å². The van der Waals surface area contributed by atoms with Crippen LogP contribution >= 0.6 is 23.3 Å². The Labute approximate surface area is 235 Å². The topological polar surface area (TPSA) is 221 Å². The Bertz CT molecular complexity index is 1240. The number of oxime groups is 1. The molecule has 1 aromatic heterocycles. The smallest absolute Gasteiger partial charge is 0.352 e. The number of alkyl halides is 1. The maximum Gasteiger partial charge on any atom is 0.352 e. The number of thioether (sulfide) groups is 1. The Balaban J connectivity index is 1.50. The molecule has 1 unspecified atom stereocenters. The van der Waals surface area contributed by atoms with Crippen LogP contribution in [-0.4, -0.2) is 132 Å². The molecule has 2 fully saturated rings. The van der Waals surface area contributed by atoms with Gasteiger partial charge >= 0.3 is 5.97 Å². The lowest BCUT2D eigenvalue weighted by Gasteiger charge is -2.49. The minimum atomic E-state index is -1.33. The predicted molar refractivity (Wildman–Crippen MR) is 140 cm³/mol. The summed E-state index contributed by atoms with van der Waals surface area (Å²) in [5.74, 6) is -2.94. The van der Waals surface area contributed by atoms with Crippen molar-refractivity contribution >= 4 is 51.9 Å². The Morgan fingerprint density at radius 1 is 1.38 bits per heavy atom. The number of β-lactam (4-membered cyclic amide) rings is 1. The summed E-state index contributed by atoms with van der Waals surface area (Å²) in [6.07, 6.45) is 3.08. The van der Waals surface area contributed by atoms with Gasteiger partial charge in [-0.15, -0.1) is 11.8 Å². The highest BCUT2D eigenvalue weighted by molar-refractivity contribution is 8.00. The normalized spacial score (nSPS) is 28.6. The molecular weight excluding hydrogens is 573 g/mol. The van der Waals surface area contributed by atoms with Gasteiger partial charge in [0, 0.05) is 23.7 Å². The van der Waals surface area contributed by atoms with Crippen molar-refractivity contribution < 1.29 is 48.5 Å². The van der Waals surface area contributed by atoms with Crippen molar-refractivity contribution in [2.75, 3.05) is 51.2 Å². The molecule has 0 aliphatic carbocycles. The van der Waals surface area contributed by atoms with Crippen LogP contribution in [0.4, 0.5) is 9.52 Å². The first-order valence-corrected chi connectivity index (χ1v) is 14.0. The third-order valence-corrected chi connectivity index (χ3v) is 8.84. The highest BCUT2D eigenvalue weighted by Crippen LogP contribution is 2.41. The van der Waals surface area contributed by atoms with Gasteiger partial charge in [-0.05, 0) is 11.6 Å². The fraction of sp³-hybridized carbons (Fsp3) is 0.545. The van der Waals surface area contributed by atoms with Gasteiger partial charge in [0.05, 0.1) is 19.8 Å². The summed E-state index contributed by atoms with van der Waals surface area (Å²) in [6.45, 7) is -0.655. The molecule has 0 radical (unpaired) electrons. The number of halogens is 1. The Morgan fingerprint density at radius 3 is 2.77 bits per heavy atom. The second-order valence-corrected chi connectivity index (χ2v) is 11.2. The number of likely N-dealkylation sites (tertiary alicyclic amines) is 1. The number of nitrogens with zero attached hydrogens (tertiary/aromatic N) is 5. The van der Waals surface area contributed by atoms with Crippen LogP contribution < -0.4 is 11.1 Å². The van der Waals surface area contributed by atoms with E-state index in [0.717, 1.165) is 16.4 Å². The number of quaternary nitrogens is 1. The molecule has 3 aliphatic rings. The fourth-order valence-corrected chi connectivity index (χ4v) is 6.96. The predicted octanol–water partition coefficient (Wildman–Crippen LogP) is -2.00. The fourth-order valence-electron chi connectivity index (χ4n) is 5.21. The van der Waals surface area contributed by atoms with Gasteiger partial charge in [0.1, 0.15) is 42.3 Å². The van der Waals surface area contributed by atoms with Crippen LogP contribution in [0.15, 0.2) is 28.6 Å². The summed E-state index contributed by atoms with van der Waals surface area (Å²) < 4.78 is 16.6. The number of rotatable bonds is 12. The second kappa shape index (κ2) is 12.6. The number of aliphatic hydroxyl groups excluding tert-OH is 3. The van der Waals surface area contributed by atoms with E-state index in [1.807, 2.05) is 0 Å². The van der Waals surface area contributed by atoms with E-state index < -0.39 is 47.9 Å². The van der Waals surface area contributed by atoms with E-state index >= 15 is 0 Å². The number of nitrogen functional groups attached to an aromatic ring is 1. The molecule has 15 nitrogen and oxygen atoms in total. The SMILES string of the molecule is Nc1nc(/C(=N/OCF)C(=O)N[C@@H]2C(=O)N3C(C(=O)O)=C(/C=C/C[N+]4(CCO)C[C@H](O)C[C@H]4CO)CS[C@@H]23)ns1. The number of aliphatic carboxylic acids is 1. The lowest BCUT2D eigenvalue weighted by molar-refractivity contribution is -0.935. The summed E-state index contributed by atoms with van der Waals surface area (Å²) >= 11 is 2.01. The van der Waals surface area contributed by atoms with Crippen LogP contribution in [0.25, 0.3) is 0 Å². The van der Waals surface area contributed by atoms with Crippen LogP contribution in [0.3, 0.4) is 0 Å². The summed E-state index contributed by atoms with van der Waals surface area (Å²) in [5.41, 5.74) is 5.19. The number of anilines is 1. The summed E-state index contributed by atoms with van der Waals surface area (Å²) in [7, 11) is 0. The minimum Gasteiger partial charge on any atom is -0.477 e. The first kappa shape index (κ1) is 29.8. The molecule has 2 saturated heterocycles. The number of aromatic nitrogens is 2. The maximum atomic E-state index is 13.0. The number of nitrogens with two attached hydrogens (primary N) is 1. The van der Waals surface area contributed by atoms with Crippen molar-refractivity contribution in [2.24, 2.45) is 5.16 Å². The molecule has 0 spiro atoms. The highest BCUT2D eigenvalue weighted by Gasteiger charge is 2.54. The van der Waals surface area contributed by atoms with Gasteiger partial charge < -0.3 is 40.8 Å². The number of allylic oxidation sites excluding steroid dienone is 1. The van der Waals surface area contributed by atoms with Crippen LogP contribution in [0.2, 0.25) is 0 Å². The number of hydrogen-bond acceptors (Lipinski definition) is 13. The summed E-state index contributed by atoms with van der Waals surface area (Å²) in [6, 6.07) is -1.37. The van der Waals surface area contributed by atoms with Crippen molar-refractivity contribution in [1.82, 2.24) is 19.6 Å². The number of carbonyl (C=O) groups is 3. The Hall–Kier alpha value is -3.16. The molecule has 4 heterocycles. The van der Waals surface area contributed by atoms with E-state index in [4.69, 9.17) is 5.73 Å². The van der Waals surface area contributed by atoms with E-state index in [-0.39, 0.29) is 46.1 Å². The minimum absolute atomic E-state index is 0.0263. The number of hydrogen-bond donors (Lipinski definition) is 6. The number of nitrogens with one attached hydrogen (secondary N) is 1. The average Bonchev–Trinajstić information content (AvgIpc) is 3.49. The standard InChI is InChI=1S/C22H28FN7O8S2/c23-10-38-27-14(17-26-22(24)40-28-17)18(34)25-15-19(35)29-16(21(36)37)11(9-39-20(15)29)2-1-3-30(4-5-31)7-13(33)6-12(30)8-32/h1-2,12-13,15,20,31-33H,3-10H2,(H3-,24,25,26,28,34,36,37)/p+1/b2-1+,27-14-/t12-,13+,15+,20-,30?/m0/s1. The van der Waals surface area contributed by atoms with Crippen molar-refractivity contribution in [3.63, 3.8) is 0 Å². The van der Waals surface area contributed by atoms with Gasteiger partial charge in [-0.3, -0.25) is 14.5 Å². The summed E-state index contributed by atoms with van der Waals surface area (Å²) in [4.78, 5) is 47.3. The zero-order valence-electron chi connectivity index (χ0n) is 21.1. The molecule has 40 heavy (non-hydrogen) atoms. The van der Waals surface area contributed by atoms with Gasteiger partial charge in [-0.25, -0.2) is 9.18 Å². The van der Waals surface area contributed by atoms with Gasteiger partial charge in [0.15, 0.2) is 5.13 Å². The third-order valence-electron chi connectivity index (χ3n) is 7.00. The molecule has 0 bridgehead atoms. The van der Waals surface area contributed by atoms with Crippen molar-refractivity contribution in [2.45, 2.75) is 30.0 Å². The zero-order valence-corrected chi connectivity index (χ0v) is 22.7. The lowest BCUT2D eigenvalue weighted by atomic mass is 10.0. The first-order valence-electron chi connectivity index (χ1n) is 12.1. The van der Waals surface area contributed by atoms with E-state index in [9.17, 15) is 39.2 Å². The number of aliphatic hydroxyl groups is 3. The highest BCUT2D eigenvalue weighted by atomic mass is 32.2. The summed E-state index contributed by atoms with van der Waals surface area (Å²) in [5, 5.41) is 44.6. The molecule has 7 N–H and O–H groups in total. The van der Waals surface area contributed by atoms with Crippen molar-refractivity contribution in [1.29, 1.82) is 0 Å². The lowest BCUT2D eigenvalue weighted by Crippen LogP contribution is -2.71. The molecule has 5 atom stereocenters. The number of carboxylic acid groups (broad SMARTS) is 1. The second-order valence-electron chi connectivity index (χ2n) is 9.33. The number of fused-ring (bicyclic) bond motifs is 1. The van der Waals surface area contributed by atoms with Crippen LogP contribution in [-0.2, 0) is 19.2 Å². The van der Waals surface area contributed by atoms with Crippen LogP contribution in [0.5, 0.6) is 0 Å². The molecule has 0 aromatic carbocycles. The quantitative estimate of drug-likeness (QED) is 0.0662. The molecule has 3 aliphatic heterocycles. The van der Waals surface area contributed by atoms with Gasteiger partial charge in [-0.2, -0.15) is 9.36 Å². The van der Waals surface area contributed by atoms with E-state index in [1.54, 1.807) is 12.2 Å². The molecular formula is C22H29FN7O8S2+. The third kappa shape index (κ3) is 5.81. The van der Waals surface area contributed by atoms with Crippen LogP contribution in [0.1, 0.15) is 12.2 Å². The molecule has 18 heteroatoms. The van der Waals surface area contributed by atoms with Gasteiger partial charge in [0.2, 0.25) is 11.5 Å². The monoisotopic (exact) mass is 602 g/mol. The molecule has 4 rings (SSSR count). The molecule has 2 amide bonds. The Morgan fingerprint density at radius 2 is 2.15 bits per heavy atom. The van der Waals surface area contributed by atoms with Gasteiger partial charge in [-0.1, -0.05) is 11.2 Å². The zero-order chi connectivity index (χ0) is 29.0. The number of carboxylic acids is 1. The molecule has 0 saturated carbocycles. The largest absolute Gasteiger partial charge is 0.477 e. The molecule has 218 valence electrons. The van der Waals surface area contributed by atoms with Gasteiger partial charge in [0.25, 0.3) is 18.7 Å². The van der Waals surface area contributed by atoms with E-state index in [1.165, 1.54) is 11.8 Å². The van der Waals surface area contributed by atoms with E-state index in [2.05, 4.69) is 24.7 Å². The number of amides is 2. The number of carbonyl (C=O) groups excluding carboxylic acids is 2. The van der Waals surface area contributed by atoms with Crippen molar-refractivity contribution in [3.8, 4) is 0 Å². The van der Waals surface area contributed by atoms with E-state index in [0.29, 0.717) is 31.6 Å². The van der Waals surface area contributed by atoms with Crippen molar-refractivity contribution in [3.05, 3.63) is 29.2 Å². The average molecular weight is 603 g/mol. The first-order chi connectivity index (χ1) is 19.2. The maximum absolute atomic E-state index is 13.0. The Kier molecular flexibility index (Phi) is 9.37. The molecule has 1 aromatic rings.